The largest absolute Gasteiger partial charge is 0.456 e. The zero-order chi connectivity index (χ0) is 14.8. The number of hydrogen-bond acceptors (Lipinski definition) is 2. The van der Waals surface area contributed by atoms with Crippen LogP contribution in [-0.2, 0) is 5.41 Å². The molecule has 20 heavy (non-hydrogen) atoms. The van der Waals surface area contributed by atoms with E-state index in [2.05, 4.69) is 32.9 Å². The fourth-order valence-electron chi connectivity index (χ4n) is 2.02. The first-order chi connectivity index (χ1) is 9.41. The first-order valence-corrected chi connectivity index (χ1v) is 6.75. The molecule has 0 spiro atoms. The van der Waals surface area contributed by atoms with Crippen molar-refractivity contribution >= 4 is 6.29 Å². The predicted molar refractivity (Wildman–Crippen MR) is 81.8 cm³/mol. The molecule has 0 unspecified atom stereocenters. The lowest BCUT2D eigenvalue weighted by molar-refractivity contribution is 0.112. The van der Waals surface area contributed by atoms with Gasteiger partial charge in [-0.1, -0.05) is 45.0 Å². The van der Waals surface area contributed by atoms with Crippen LogP contribution in [0.2, 0.25) is 0 Å². The third-order valence-electron chi connectivity index (χ3n) is 3.31. The zero-order valence-electron chi connectivity index (χ0n) is 12.4. The molecule has 2 aromatic rings. The van der Waals surface area contributed by atoms with Crippen LogP contribution < -0.4 is 4.74 Å². The van der Waals surface area contributed by atoms with Crippen LogP contribution in [0.3, 0.4) is 0 Å². The first-order valence-electron chi connectivity index (χ1n) is 6.75. The van der Waals surface area contributed by atoms with Crippen molar-refractivity contribution in [2.45, 2.75) is 33.1 Å². The molecule has 0 heterocycles. The third-order valence-corrected chi connectivity index (χ3v) is 3.31. The Morgan fingerprint density at radius 2 is 1.70 bits per heavy atom. The summed E-state index contributed by atoms with van der Waals surface area (Å²) >= 11 is 0. The third kappa shape index (κ3) is 3.08. The van der Waals surface area contributed by atoms with Gasteiger partial charge < -0.3 is 4.74 Å². The molecule has 2 aromatic carbocycles. The minimum atomic E-state index is 0.115. The summed E-state index contributed by atoms with van der Waals surface area (Å²) in [6.07, 6.45) is 0.814. The molecule has 0 fully saturated rings. The summed E-state index contributed by atoms with van der Waals surface area (Å²) in [7, 11) is 0. The molecule has 0 aliphatic carbocycles. The van der Waals surface area contributed by atoms with Crippen LogP contribution in [0, 0.1) is 6.92 Å². The Kier molecular flexibility index (Phi) is 3.93. The number of benzene rings is 2. The van der Waals surface area contributed by atoms with Gasteiger partial charge in [0.05, 0.1) is 5.56 Å². The number of rotatable bonds is 3. The lowest BCUT2D eigenvalue weighted by atomic mass is 9.86. The number of aldehydes is 1. The second kappa shape index (κ2) is 5.49. The van der Waals surface area contributed by atoms with E-state index in [9.17, 15) is 4.79 Å². The summed E-state index contributed by atoms with van der Waals surface area (Å²) in [6, 6.07) is 13.4. The van der Waals surface area contributed by atoms with E-state index in [0.29, 0.717) is 11.3 Å². The SMILES string of the molecule is Cc1cc(C(C)(C)C)ccc1Oc1ccccc1C=O. The molecule has 0 bridgehead atoms. The van der Waals surface area contributed by atoms with Crippen molar-refractivity contribution in [1.29, 1.82) is 0 Å². The lowest BCUT2D eigenvalue weighted by Crippen LogP contribution is -2.11. The maximum atomic E-state index is 11.0. The molecule has 0 radical (unpaired) electrons. The first kappa shape index (κ1) is 14.3. The van der Waals surface area contributed by atoms with Crippen molar-refractivity contribution in [3.63, 3.8) is 0 Å². The molecule has 0 saturated carbocycles. The van der Waals surface area contributed by atoms with Gasteiger partial charge in [0.25, 0.3) is 0 Å². The number of carbonyl (C=O) groups excluding carboxylic acids is 1. The zero-order valence-corrected chi connectivity index (χ0v) is 12.4. The van der Waals surface area contributed by atoms with Gasteiger partial charge in [-0.2, -0.15) is 0 Å². The fraction of sp³-hybridized carbons (Fsp3) is 0.278. The van der Waals surface area contributed by atoms with E-state index in [1.165, 1.54) is 5.56 Å². The highest BCUT2D eigenvalue weighted by Crippen LogP contribution is 2.31. The number of aryl methyl sites for hydroxylation is 1. The minimum Gasteiger partial charge on any atom is -0.456 e. The molecule has 0 aliphatic heterocycles. The van der Waals surface area contributed by atoms with E-state index in [0.717, 1.165) is 17.6 Å². The van der Waals surface area contributed by atoms with Gasteiger partial charge in [0, 0.05) is 0 Å². The summed E-state index contributed by atoms with van der Waals surface area (Å²) in [4.78, 5) is 11.0. The molecular formula is C18H20O2. The Morgan fingerprint density at radius 3 is 2.30 bits per heavy atom. The Balaban J connectivity index is 2.33. The van der Waals surface area contributed by atoms with E-state index in [1.54, 1.807) is 12.1 Å². The smallest absolute Gasteiger partial charge is 0.153 e. The van der Waals surface area contributed by atoms with Crippen molar-refractivity contribution in [3.8, 4) is 11.5 Å². The van der Waals surface area contributed by atoms with Crippen molar-refractivity contribution in [2.75, 3.05) is 0 Å². The van der Waals surface area contributed by atoms with Gasteiger partial charge in [-0.25, -0.2) is 0 Å². The van der Waals surface area contributed by atoms with Gasteiger partial charge in [-0.05, 0) is 41.7 Å². The highest BCUT2D eigenvalue weighted by atomic mass is 16.5. The Hall–Kier alpha value is -2.09. The minimum absolute atomic E-state index is 0.115. The standard InChI is InChI=1S/C18H20O2/c1-13-11-15(18(2,3)4)9-10-16(13)20-17-8-6-5-7-14(17)12-19/h5-12H,1-4H3. The normalized spacial score (nSPS) is 11.2. The van der Waals surface area contributed by atoms with E-state index in [4.69, 9.17) is 4.74 Å². The second-order valence-electron chi connectivity index (χ2n) is 5.99. The average molecular weight is 268 g/mol. The van der Waals surface area contributed by atoms with Crippen molar-refractivity contribution in [1.82, 2.24) is 0 Å². The van der Waals surface area contributed by atoms with Crippen LogP contribution in [0.15, 0.2) is 42.5 Å². The summed E-state index contributed by atoms with van der Waals surface area (Å²) in [6.45, 7) is 8.58. The average Bonchev–Trinajstić information content (AvgIpc) is 2.40. The maximum absolute atomic E-state index is 11.0. The summed E-state index contributed by atoms with van der Waals surface area (Å²) in [5, 5.41) is 0. The molecule has 0 atom stereocenters. The number of ether oxygens (including phenoxy) is 1. The maximum Gasteiger partial charge on any atom is 0.153 e. The Labute approximate surface area is 120 Å². The van der Waals surface area contributed by atoms with Crippen LogP contribution in [0.4, 0.5) is 0 Å². The molecule has 104 valence electrons. The summed E-state index contributed by atoms with van der Waals surface area (Å²) in [5.74, 6) is 1.38. The fourth-order valence-corrected chi connectivity index (χ4v) is 2.02. The van der Waals surface area contributed by atoms with Crippen LogP contribution in [0.25, 0.3) is 0 Å². The van der Waals surface area contributed by atoms with E-state index < -0.39 is 0 Å². The summed E-state index contributed by atoms with van der Waals surface area (Å²) in [5.41, 5.74) is 3.01. The van der Waals surface area contributed by atoms with Crippen molar-refractivity contribution in [3.05, 3.63) is 59.2 Å². The molecule has 2 rings (SSSR count). The number of para-hydroxylation sites is 1. The van der Waals surface area contributed by atoms with Gasteiger partial charge in [-0.3, -0.25) is 4.79 Å². The summed E-state index contributed by atoms with van der Waals surface area (Å²) < 4.78 is 5.87. The van der Waals surface area contributed by atoms with Gasteiger partial charge in [0.2, 0.25) is 0 Å². The highest BCUT2D eigenvalue weighted by molar-refractivity contribution is 5.79. The molecule has 2 nitrogen and oxygen atoms in total. The molecular weight excluding hydrogens is 248 g/mol. The van der Waals surface area contributed by atoms with Crippen molar-refractivity contribution < 1.29 is 9.53 Å². The number of hydrogen-bond donors (Lipinski definition) is 0. The Morgan fingerprint density at radius 1 is 1.00 bits per heavy atom. The quantitative estimate of drug-likeness (QED) is 0.740. The topological polar surface area (TPSA) is 26.3 Å². The van der Waals surface area contributed by atoms with Gasteiger partial charge >= 0.3 is 0 Å². The van der Waals surface area contributed by atoms with Crippen LogP contribution in [-0.4, -0.2) is 6.29 Å². The molecule has 2 heteroatoms. The van der Waals surface area contributed by atoms with E-state index >= 15 is 0 Å². The van der Waals surface area contributed by atoms with Gasteiger partial charge in [0.15, 0.2) is 6.29 Å². The van der Waals surface area contributed by atoms with E-state index in [-0.39, 0.29) is 5.41 Å². The lowest BCUT2D eigenvalue weighted by Gasteiger charge is -2.20. The predicted octanol–water partition coefficient (Wildman–Crippen LogP) is 4.90. The van der Waals surface area contributed by atoms with Gasteiger partial charge in [-0.15, -0.1) is 0 Å². The highest BCUT2D eigenvalue weighted by Gasteiger charge is 2.15. The molecule has 0 amide bonds. The van der Waals surface area contributed by atoms with Crippen LogP contribution in [0.1, 0.15) is 42.3 Å². The number of carbonyl (C=O) groups is 1. The van der Waals surface area contributed by atoms with Crippen LogP contribution >= 0.6 is 0 Å². The molecule has 0 aliphatic rings. The monoisotopic (exact) mass is 268 g/mol. The second-order valence-corrected chi connectivity index (χ2v) is 5.99. The van der Waals surface area contributed by atoms with Crippen molar-refractivity contribution in [2.24, 2.45) is 0 Å². The molecule has 0 saturated heterocycles. The van der Waals surface area contributed by atoms with E-state index in [1.807, 2.05) is 25.1 Å². The van der Waals surface area contributed by atoms with Gasteiger partial charge in [0.1, 0.15) is 11.5 Å². The Bertz CT molecular complexity index is 622. The van der Waals surface area contributed by atoms with Crippen LogP contribution in [0.5, 0.6) is 11.5 Å². The molecule has 0 N–H and O–H groups in total. The molecule has 0 aromatic heterocycles.